The predicted octanol–water partition coefficient (Wildman–Crippen LogP) is 0.807. The topological polar surface area (TPSA) is 75.3 Å². The SMILES string of the molecule is CCN=C(NN)NC(C)(C)c1nccs1. The third kappa shape index (κ3) is 3.17. The number of hydrazine groups is 1. The minimum absolute atomic E-state index is 0.269. The molecule has 0 aliphatic heterocycles. The summed E-state index contributed by atoms with van der Waals surface area (Å²) < 4.78 is 0. The lowest BCUT2D eigenvalue weighted by Gasteiger charge is -2.25. The molecule has 0 aromatic carbocycles. The average molecular weight is 227 g/mol. The summed E-state index contributed by atoms with van der Waals surface area (Å²) in [6.07, 6.45) is 1.79. The van der Waals surface area contributed by atoms with E-state index in [1.807, 2.05) is 26.2 Å². The molecule has 0 spiro atoms. The molecule has 0 atom stereocenters. The summed E-state index contributed by atoms with van der Waals surface area (Å²) in [7, 11) is 0. The molecule has 6 heteroatoms. The van der Waals surface area contributed by atoms with Gasteiger partial charge in [-0.15, -0.1) is 11.3 Å². The number of nitrogens with one attached hydrogen (secondary N) is 2. The van der Waals surface area contributed by atoms with Crippen molar-refractivity contribution in [1.29, 1.82) is 0 Å². The van der Waals surface area contributed by atoms with Crippen LogP contribution in [0.1, 0.15) is 25.8 Å². The number of thiazole rings is 1. The van der Waals surface area contributed by atoms with Crippen molar-refractivity contribution < 1.29 is 0 Å². The zero-order valence-electron chi connectivity index (χ0n) is 9.24. The van der Waals surface area contributed by atoms with Gasteiger partial charge in [-0.05, 0) is 20.8 Å². The summed E-state index contributed by atoms with van der Waals surface area (Å²) in [6.45, 7) is 6.71. The van der Waals surface area contributed by atoms with Crippen LogP contribution in [0.3, 0.4) is 0 Å². The molecular weight excluding hydrogens is 210 g/mol. The third-order valence-corrected chi connectivity index (χ3v) is 2.95. The highest BCUT2D eigenvalue weighted by Crippen LogP contribution is 2.21. The molecular formula is C9H17N5S. The highest BCUT2D eigenvalue weighted by Gasteiger charge is 2.24. The first kappa shape index (κ1) is 11.9. The molecule has 1 aromatic rings. The Hall–Kier alpha value is -1.14. The molecule has 1 rings (SSSR count). The smallest absolute Gasteiger partial charge is 0.206 e. The average Bonchev–Trinajstić information content (AvgIpc) is 2.70. The summed E-state index contributed by atoms with van der Waals surface area (Å²) in [4.78, 5) is 8.45. The number of guanidine groups is 1. The molecule has 1 aromatic heterocycles. The van der Waals surface area contributed by atoms with E-state index in [1.165, 1.54) is 0 Å². The molecule has 84 valence electrons. The standard InChI is InChI=1S/C9H17N5S/c1-4-11-8(14-10)13-9(2,3)7-12-5-6-15-7/h5-6H,4,10H2,1-3H3,(H2,11,13,14). The maximum atomic E-state index is 5.36. The number of aliphatic imine (C=N–C) groups is 1. The summed E-state index contributed by atoms with van der Waals surface area (Å²) in [5.74, 6) is 5.94. The van der Waals surface area contributed by atoms with Gasteiger partial charge in [0.05, 0.1) is 5.54 Å². The van der Waals surface area contributed by atoms with Gasteiger partial charge in [0.25, 0.3) is 0 Å². The van der Waals surface area contributed by atoms with Crippen molar-refractivity contribution in [3.63, 3.8) is 0 Å². The number of nitrogens with zero attached hydrogens (tertiary/aromatic N) is 2. The van der Waals surface area contributed by atoms with Crippen LogP contribution in [-0.4, -0.2) is 17.5 Å². The van der Waals surface area contributed by atoms with Crippen LogP contribution in [0.5, 0.6) is 0 Å². The van der Waals surface area contributed by atoms with Gasteiger partial charge in [-0.25, -0.2) is 10.8 Å². The van der Waals surface area contributed by atoms with Gasteiger partial charge in [0, 0.05) is 18.1 Å². The van der Waals surface area contributed by atoms with Crippen LogP contribution in [0.15, 0.2) is 16.6 Å². The Labute approximate surface area is 93.8 Å². The van der Waals surface area contributed by atoms with E-state index in [-0.39, 0.29) is 5.54 Å². The van der Waals surface area contributed by atoms with E-state index in [0.29, 0.717) is 12.5 Å². The molecule has 15 heavy (non-hydrogen) atoms. The van der Waals surface area contributed by atoms with Crippen molar-refractivity contribution >= 4 is 17.3 Å². The van der Waals surface area contributed by atoms with E-state index in [9.17, 15) is 0 Å². The van der Waals surface area contributed by atoms with Crippen molar-refractivity contribution in [2.24, 2.45) is 10.8 Å². The van der Waals surface area contributed by atoms with Crippen LogP contribution in [-0.2, 0) is 5.54 Å². The first-order valence-corrected chi connectivity index (χ1v) is 5.67. The summed E-state index contributed by atoms with van der Waals surface area (Å²) >= 11 is 1.60. The summed E-state index contributed by atoms with van der Waals surface area (Å²) in [6, 6.07) is 0. The maximum Gasteiger partial charge on any atom is 0.206 e. The van der Waals surface area contributed by atoms with E-state index in [4.69, 9.17) is 5.84 Å². The molecule has 0 aliphatic rings. The quantitative estimate of drug-likeness (QED) is 0.309. The van der Waals surface area contributed by atoms with Crippen LogP contribution >= 0.6 is 11.3 Å². The number of aromatic nitrogens is 1. The van der Waals surface area contributed by atoms with Crippen LogP contribution < -0.4 is 16.6 Å². The fourth-order valence-electron chi connectivity index (χ4n) is 1.16. The lowest BCUT2D eigenvalue weighted by atomic mass is 10.1. The first-order chi connectivity index (χ1) is 7.10. The van der Waals surface area contributed by atoms with Gasteiger partial charge >= 0.3 is 0 Å². The number of hydrogen-bond acceptors (Lipinski definition) is 4. The Morgan fingerprint density at radius 3 is 2.87 bits per heavy atom. The van der Waals surface area contributed by atoms with Gasteiger partial charge < -0.3 is 5.32 Å². The molecule has 0 unspecified atom stereocenters. The third-order valence-electron chi connectivity index (χ3n) is 1.85. The minimum Gasteiger partial charge on any atom is -0.344 e. The predicted molar refractivity (Wildman–Crippen MR) is 63.6 cm³/mol. The van der Waals surface area contributed by atoms with Gasteiger partial charge in [0.2, 0.25) is 5.96 Å². The van der Waals surface area contributed by atoms with E-state index < -0.39 is 0 Å². The highest BCUT2D eigenvalue weighted by atomic mass is 32.1. The van der Waals surface area contributed by atoms with Gasteiger partial charge in [0.15, 0.2) is 0 Å². The number of nitrogens with two attached hydrogens (primary N) is 1. The highest BCUT2D eigenvalue weighted by molar-refractivity contribution is 7.09. The van der Waals surface area contributed by atoms with Gasteiger partial charge in [0.1, 0.15) is 5.01 Å². The van der Waals surface area contributed by atoms with E-state index >= 15 is 0 Å². The lowest BCUT2D eigenvalue weighted by Crippen LogP contribution is -2.49. The number of rotatable bonds is 3. The van der Waals surface area contributed by atoms with Crippen LogP contribution in [0, 0.1) is 0 Å². The fraction of sp³-hybridized carbons (Fsp3) is 0.556. The molecule has 0 amide bonds. The molecule has 0 fully saturated rings. The second-order valence-electron chi connectivity index (χ2n) is 3.55. The Balaban J connectivity index is 2.75. The van der Waals surface area contributed by atoms with E-state index in [0.717, 1.165) is 5.01 Å². The molecule has 1 heterocycles. The van der Waals surface area contributed by atoms with Crippen molar-refractivity contribution in [3.8, 4) is 0 Å². The summed E-state index contributed by atoms with van der Waals surface area (Å²) in [5, 5.41) is 6.16. The lowest BCUT2D eigenvalue weighted by molar-refractivity contribution is 0.474. The molecule has 0 radical (unpaired) electrons. The minimum atomic E-state index is -0.269. The summed E-state index contributed by atoms with van der Waals surface area (Å²) in [5.41, 5.74) is 2.27. The Bertz CT molecular complexity index is 317. The Morgan fingerprint density at radius 2 is 2.40 bits per heavy atom. The zero-order valence-corrected chi connectivity index (χ0v) is 10.1. The molecule has 4 N–H and O–H groups in total. The normalized spacial score (nSPS) is 12.7. The number of hydrogen-bond donors (Lipinski definition) is 3. The van der Waals surface area contributed by atoms with Crippen LogP contribution in [0.4, 0.5) is 0 Å². The van der Waals surface area contributed by atoms with E-state index in [2.05, 4.69) is 20.7 Å². The van der Waals surface area contributed by atoms with Crippen LogP contribution in [0.2, 0.25) is 0 Å². The zero-order chi connectivity index (χ0) is 11.3. The molecule has 0 bridgehead atoms. The van der Waals surface area contributed by atoms with Crippen molar-refractivity contribution in [2.45, 2.75) is 26.3 Å². The van der Waals surface area contributed by atoms with Gasteiger partial charge in [-0.2, -0.15) is 0 Å². The van der Waals surface area contributed by atoms with Gasteiger partial charge in [-0.3, -0.25) is 10.4 Å². The van der Waals surface area contributed by atoms with E-state index in [1.54, 1.807) is 17.5 Å². The Morgan fingerprint density at radius 1 is 1.67 bits per heavy atom. The second kappa shape index (κ2) is 5.09. The van der Waals surface area contributed by atoms with Gasteiger partial charge in [-0.1, -0.05) is 0 Å². The van der Waals surface area contributed by atoms with Crippen molar-refractivity contribution in [2.75, 3.05) is 6.54 Å². The van der Waals surface area contributed by atoms with Crippen molar-refractivity contribution in [3.05, 3.63) is 16.6 Å². The maximum absolute atomic E-state index is 5.36. The Kier molecular flexibility index (Phi) is 4.05. The first-order valence-electron chi connectivity index (χ1n) is 4.79. The molecule has 5 nitrogen and oxygen atoms in total. The molecule has 0 saturated heterocycles. The largest absolute Gasteiger partial charge is 0.344 e. The fourth-order valence-corrected chi connectivity index (χ4v) is 1.88. The van der Waals surface area contributed by atoms with Crippen LogP contribution in [0.25, 0.3) is 0 Å². The second-order valence-corrected chi connectivity index (χ2v) is 4.45. The molecule has 0 aliphatic carbocycles. The monoisotopic (exact) mass is 227 g/mol. The molecule has 0 saturated carbocycles. The van der Waals surface area contributed by atoms with Crippen molar-refractivity contribution in [1.82, 2.24) is 15.7 Å².